The van der Waals surface area contributed by atoms with E-state index in [0.717, 1.165) is 5.56 Å². The van der Waals surface area contributed by atoms with Crippen LogP contribution in [0.5, 0.6) is 0 Å². The predicted molar refractivity (Wildman–Crippen MR) is 67.5 cm³/mol. The van der Waals surface area contributed by atoms with E-state index in [1.165, 1.54) is 0 Å². The molecule has 0 spiro atoms. The van der Waals surface area contributed by atoms with E-state index in [2.05, 4.69) is 12.0 Å². The second-order valence-electron chi connectivity index (χ2n) is 4.54. The number of rotatable bonds is 2. The van der Waals surface area contributed by atoms with E-state index in [0.29, 0.717) is 17.0 Å². The fraction of sp³-hybridized carbons (Fsp3) is 0.333. The SMILES string of the molecule is CC#COC1C(=O)c2ccc(C(C)C)cc2C1=O. The summed E-state index contributed by atoms with van der Waals surface area (Å²) in [5.41, 5.74) is 1.93. The van der Waals surface area contributed by atoms with Crippen LogP contribution in [0.1, 0.15) is 53.0 Å². The molecule has 1 unspecified atom stereocenters. The normalized spacial score (nSPS) is 17.4. The standard InChI is InChI=1S/C15H14O3/c1-4-7-18-15-13(16)11-6-5-10(9(2)3)8-12(11)14(15)17/h5-6,8-9,15H,1-3H3. The molecule has 0 amide bonds. The number of ketones is 2. The summed E-state index contributed by atoms with van der Waals surface area (Å²) in [6.07, 6.45) is 1.24. The fourth-order valence-corrected chi connectivity index (χ4v) is 1.97. The molecule has 1 atom stereocenters. The van der Waals surface area contributed by atoms with Gasteiger partial charge in [0.25, 0.3) is 0 Å². The monoisotopic (exact) mass is 242 g/mol. The quantitative estimate of drug-likeness (QED) is 0.591. The van der Waals surface area contributed by atoms with E-state index in [-0.39, 0.29) is 11.6 Å². The number of carbonyl (C=O) groups excluding carboxylic acids is 2. The molecule has 1 aromatic carbocycles. The van der Waals surface area contributed by atoms with Crippen molar-refractivity contribution in [2.45, 2.75) is 32.8 Å². The smallest absolute Gasteiger partial charge is 0.235 e. The molecule has 3 nitrogen and oxygen atoms in total. The minimum Gasteiger partial charge on any atom is -0.426 e. The van der Waals surface area contributed by atoms with Crippen LogP contribution >= 0.6 is 0 Å². The number of ether oxygens (including phenoxy) is 1. The van der Waals surface area contributed by atoms with Crippen LogP contribution in [0, 0.1) is 12.0 Å². The third-order valence-corrected chi connectivity index (χ3v) is 3.00. The van der Waals surface area contributed by atoms with Crippen LogP contribution in [0.2, 0.25) is 0 Å². The molecule has 0 saturated carbocycles. The first kappa shape index (κ1) is 12.4. The number of hydrogen-bond donors (Lipinski definition) is 0. The number of hydrogen-bond acceptors (Lipinski definition) is 3. The first-order valence-corrected chi connectivity index (χ1v) is 5.86. The molecule has 0 heterocycles. The van der Waals surface area contributed by atoms with Crippen molar-refractivity contribution < 1.29 is 14.3 Å². The lowest BCUT2D eigenvalue weighted by Gasteiger charge is -2.06. The zero-order chi connectivity index (χ0) is 13.3. The molecule has 0 radical (unpaired) electrons. The van der Waals surface area contributed by atoms with Gasteiger partial charge in [-0.2, -0.15) is 0 Å². The summed E-state index contributed by atoms with van der Waals surface area (Å²) in [4.78, 5) is 24.1. The van der Waals surface area contributed by atoms with Gasteiger partial charge in [-0.15, -0.1) is 0 Å². The predicted octanol–water partition coefficient (Wildman–Crippen LogP) is 2.56. The highest BCUT2D eigenvalue weighted by atomic mass is 16.5. The zero-order valence-electron chi connectivity index (χ0n) is 10.6. The molecule has 0 N–H and O–H groups in total. The van der Waals surface area contributed by atoms with Crippen molar-refractivity contribution in [1.82, 2.24) is 0 Å². The maximum atomic E-state index is 12.1. The minimum absolute atomic E-state index is 0.291. The average Bonchev–Trinajstić information content (AvgIpc) is 2.59. The summed E-state index contributed by atoms with van der Waals surface area (Å²) in [6, 6.07) is 5.36. The molecule has 0 fully saturated rings. The van der Waals surface area contributed by atoms with E-state index < -0.39 is 6.10 Å². The van der Waals surface area contributed by atoms with Gasteiger partial charge >= 0.3 is 0 Å². The van der Waals surface area contributed by atoms with E-state index >= 15 is 0 Å². The van der Waals surface area contributed by atoms with Gasteiger partial charge in [0.15, 0.2) is 0 Å². The molecular formula is C15H14O3. The van der Waals surface area contributed by atoms with Crippen LogP contribution in [-0.2, 0) is 4.74 Å². The van der Waals surface area contributed by atoms with Crippen molar-refractivity contribution >= 4 is 11.6 Å². The Hall–Kier alpha value is -2.08. The summed E-state index contributed by atoms with van der Waals surface area (Å²) in [6.45, 7) is 5.67. The highest BCUT2D eigenvalue weighted by Crippen LogP contribution is 2.27. The number of benzene rings is 1. The second kappa shape index (κ2) is 4.66. The fourth-order valence-electron chi connectivity index (χ4n) is 1.97. The molecule has 18 heavy (non-hydrogen) atoms. The van der Waals surface area contributed by atoms with Gasteiger partial charge in [0.1, 0.15) is 6.11 Å². The molecule has 92 valence electrons. The average molecular weight is 242 g/mol. The van der Waals surface area contributed by atoms with E-state index in [1.807, 2.05) is 19.9 Å². The zero-order valence-corrected chi connectivity index (χ0v) is 10.6. The lowest BCUT2D eigenvalue weighted by atomic mass is 9.98. The Labute approximate surface area is 106 Å². The van der Waals surface area contributed by atoms with E-state index in [4.69, 9.17) is 4.74 Å². The molecule has 0 aliphatic heterocycles. The minimum atomic E-state index is -1.09. The molecule has 1 aromatic rings. The lowest BCUT2D eigenvalue weighted by Crippen LogP contribution is -2.23. The molecule has 3 heteroatoms. The van der Waals surface area contributed by atoms with Crippen LogP contribution in [0.15, 0.2) is 18.2 Å². The largest absolute Gasteiger partial charge is 0.426 e. The van der Waals surface area contributed by atoms with Crippen LogP contribution in [-0.4, -0.2) is 17.7 Å². The lowest BCUT2D eigenvalue weighted by molar-refractivity contribution is 0.0659. The van der Waals surface area contributed by atoms with Gasteiger partial charge in [0, 0.05) is 18.1 Å². The van der Waals surface area contributed by atoms with Gasteiger partial charge < -0.3 is 4.74 Å². The number of carbonyl (C=O) groups is 2. The van der Waals surface area contributed by atoms with Gasteiger partial charge in [-0.25, -0.2) is 0 Å². The highest BCUT2D eigenvalue weighted by molar-refractivity contribution is 6.28. The number of fused-ring (bicyclic) bond motifs is 1. The van der Waals surface area contributed by atoms with Crippen molar-refractivity contribution in [3.63, 3.8) is 0 Å². The van der Waals surface area contributed by atoms with Crippen molar-refractivity contribution in [3.8, 4) is 12.0 Å². The third kappa shape index (κ3) is 1.91. The van der Waals surface area contributed by atoms with Gasteiger partial charge in [-0.1, -0.05) is 31.9 Å². The van der Waals surface area contributed by atoms with Gasteiger partial charge in [0.2, 0.25) is 17.7 Å². The summed E-state index contributed by atoms with van der Waals surface area (Å²) < 4.78 is 5.00. The third-order valence-electron chi connectivity index (χ3n) is 3.00. The van der Waals surface area contributed by atoms with E-state index in [1.54, 1.807) is 19.1 Å². The summed E-state index contributed by atoms with van der Waals surface area (Å²) in [7, 11) is 0. The molecule has 1 aliphatic carbocycles. The van der Waals surface area contributed by atoms with Crippen LogP contribution in [0.3, 0.4) is 0 Å². The molecule has 0 bridgehead atoms. The van der Waals surface area contributed by atoms with Gasteiger partial charge in [0.05, 0.1) is 0 Å². The van der Waals surface area contributed by atoms with Gasteiger partial charge in [-0.05, 0) is 17.5 Å². The number of Topliss-reactive ketones (excluding diaryl/α,β-unsaturated/α-hetero) is 2. The maximum Gasteiger partial charge on any atom is 0.235 e. The Bertz CT molecular complexity index is 573. The van der Waals surface area contributed by atoms with Gasteiger partial charge in [-0.3, -0.25) is 9.59 Å². The van der Waals surface area contributed by atoms with Crippen molar-refractivity contribution in [2.24, 2.45) is 0 Å². The summed E-state index contributed by atoms with van der Waals surface area (Å²) in [5.74, 6) is 2.24. The second-order valence-corrected chi connectivity index (χ2v) is 4.54. The molecular weight excluding hydrogens is 228 g/mol. The summed E-state index contributed by atoms with van der Waals surface area (Å²) >= 11 is 0. The van der Waals surface area contributed by atoms with Crippen molar-refractivity contribution in [2.75, 3.05) is 0 Å². The van der Waals surface area contributed by atoms with Crippen LogP contribution in [0.25, 0.3) is 0 Å². The van der Waals surface area contributed by atoms with E-state index in [9.17, 15) is 9.59 Å². The van der Waals surface area contributed by atoms with Crippen LogP contribution < -0.4 is 0 Å². The molecule has 0 saturated heterocycles. The highest BCUT2D eigenvalue weighted by Gasteiger charge is 2.40. The van der Waals surface area contributed by atoms with Crippen molar-refractivity contribution in [3.05, 3.63) is 34.9 Å². The Morgan fingerprint density at radius 3 is 2.44 bits per heavy atom. The maximum absolute atomic E-state index is 12.1. The molecule has 0 aromatic heterocycles. The Morgan fingerprint density at radius 1 is 1.17 bits per heavy atom. The first-order valence-electron chi connectivity index (χ1n) is 5.86. The molecule has 2 rings (SSSR count). The Balaban J connectivity index is 2.41. The Kier molecular flexibility index (Phi) is 3.20. The topological polar surface area (TPSA) is 43.4 Å². The van der Waals surface area contributed by atoms with Crippen LogP contribution in [0.4, 0.5) is 0 Å². The molecule has 1 aliphatic rings. The van der Waals surface area contributed by atoms with Crippen molar-refractivity contribution in [1.29, 1.82) is 0 Å². The Morgan fingerprint density at radius 2 is 1.83 bits per heavy atom. The first-order chi connectivity index (χ1) is 8.56. The summed E-state index contributed by atoms with van der Waals surface area (Å²) in [5, 5.41) is 0.